The summed E-state index contributed by atoms with van der Waals surface area (Å²) in [5.41, 5.74) is 8.92. The van der Waals surface area contributed by atoms with E-state index in [1.54, 1.807) is 0 Å². The summed E-state index contributed by atoms with van der Waals surface area (Å²) in [5, 5.41) is 0. The molecule has 2 saturated carbocycles. The fourth-order valence-corrected chi connectivity index (χ4v) is 7.67. The van der Waals surface area contributed by atoms with Gasteiger partial charge in [0.2, 0.25) is 5.72 Å². The average molecular weight is 399 g/mol. The molecule has 2 saturated heterocycles. The van der Waals surface area contributed by atoms with Gasteiger partial charge >= 0.3 is 0 Å². The van der Waals surface area contributed by atoms with Crippen molar-refractivity contribution in [1.82, 2.24) is 4.90 Å². The minimum atomic E-state index is -0.363. The molecule has 154 valence electrons. The van der Waals surface area contributed by atoms with Crippen LogP contribution in [0.5, 0.6) is 5.75 Å². The summed E-state index contributed by atoms with van der Waals surface area (Å²) in [7, 11) is 2.30. The zero-order valence-corrected chi connectivity index (χ0v) is 18.2. The maximum Gasteiger partial charge on any atom is 0.202 e. The second-order valence-corrected chi connectivity index (χ2v) is 10.6. The molecule has 8 rings (SSSR count). The molecule has 3 aliphatic heterocycles. The van der Waals surface area contributed by atoms with Gasteiger partial charge in [-0.1, -0.05) is 24.3 Å². The van der Waals surface area contributed by atoms with E-state index in [9.17, 15) is 0 Å². The molecule has 3 unspecified atom stereocenters. The molecule has 0 radical (unpaired) electrons. The van der Waals surface area contributed by atoms with Crippen LogP contribution in [0, 0.1) is 31.6 Å². The van der Waals surface area contributed by atoms with E-state index in [0.29, 0.717) is 12.0 Å². The molecule has 0 N–H and O–H groups in total. The van der Waals surface area contributed by atoms with Crippen LogP contribution in [-0.4, -0.2) is 29.9 Å². The van der Waals surface area contributed by atoms with Gasteiger partial charge in [0.25, 0.3) is 0 Å². The summed E-state index contributed by atoms with van der Waals surface area (Å²) < 4.78 is 7.15. The van der Waals surface area contributed by atoms with Crippen molar-refractivity contribution in [1.29, 1.82) is 0 Å². The van der Waals surface area contributed by atoms with Gasteiger partial charge in [-0.15, -0.1) is 0 Å². The number of nitrogens with zero attached hydrogens (tertiary/aromatic N) is 2. The zero-order valence-electron chi connectivity index (χ0n) is 18.2. The number of ether oxygens (including phenoxy) is 1. The van der Waals surface area contributed by atoms with Gasteiger partial charge in [0.05, 0.1) is 6.21 Å². The molecule has 3 heterocycles. The van der Waals surface area contributed by atoms with E-state index >= 15 is 0 Å². The van der Waals surface area contributed by atoms with E-state index in [0.717, 1.165) is 29.7 Å². The molecule has 4 bridgehead atoms. The predicted molar refractivity (Wildman–Crippen MR) is 121 cm³/mol. The first-order valence-corrected chi connectivity index (χ1v) is 11.8. The molecule has 3 nitrogen and oxygen atoms in total. The van der Waals surface area contributed by atoms with E-state index in [4.69, 9.17) is 9.73 Å². The standard InChI is InChI=1S/C27H30N2O/c1-15-16(2)26-25(23-13-19-6-4-5-7-22(19)24(15)23)28-14-27(30-26)20-9-17-8-18(10-20)12-21(11-17)29(27)3/h4-7,14,17-18,20-21H,8-13H2,1-3H3. The summed E-state index contributed by atoms with van der Waals surface area (Å²) in [6.45, 7) is 4.51. The van der Waals surface area contributed by atoms with E-state index in [1.165, 1.54) is 65.5 Å². The van der Waals surface area contributed by atoms with Gasteiger partial charge in [0.15, 0.2) is 5.75 Å². The number of hydrogen-bond acceptors (Lipinski definition) is 3. The van der Waals surface area contributed by atoms with Crippen LogP contribution in [0.25, 0.3) is 11.1 Å². The van der Waals surface area contributed by atoms with E-state index < -0.39 is 0 Å². The maximum absolute atomic E-state index is 7.15. The lowest BCUT2D eigenvalue weighted by Crippen LogP contribution is -2.59. The van der Waals surface area contributed by atoms with Crippen LogP contribution in [0.4, 0.5) is 5.69 Å². The van der Waals surface area contributed by atoms with Crippen molar-refractivity contribution in [2.75, 3.05) is 7.05 Å². The largest absolute Gasteiger partial charge is 0.464 e. The summed E-state index contributed by atoms with van der Waals surface area (Å²) in [6, 6.07) is 9.47. The van der Waals surface area contributed by atoms with Gasteiger partial charge < -0.3 is 4.74 Å². The number of fused-ring (bicyclic) bond motifs is 5. The molecule has 2 aromatic rings. The van der Waals surface area contributed by atoms with Crippen molar-refractivity contribution in [2.45, 2.75) is 64.1 Å². The van der Waals surface area contributed by atoms with Crippen molar-refractivity contribution < 1.29 is 4.74 Å². The molecule has 0 aromatic heterocycles. The first kappa shape index (κ1) is 17.5. The van der Waals surface area contributed by atoms with Crippen molar-refractivity contribution in [2.24, 2.45) is 22.7 Å². The van der Waals surface area contributed by atoms with Gasteiger partial charge in [0.1, 0.15) is 5.69 Å². The number of hydrogen-bond donors (Lipinski definition) is 0. The Balaban J connectivity index is 1.40. The van der Waals surface area contributed by atoms with E-state index in [-0.39, 0.29) is 5.72 Å². The molecular formula is C27H30N2O. The van der Waals surface area contributed by atoms with Gasteiger partial charge in [-0.2, -0.15) is 0 Å². The first-order chi connectivity index (χ1) is 14.5. The van der Waals surface area contributed by atoms with Gasteiger partial charge in [-0.3, -0.25) is 9.89 Å². The maximum atomic E-state index is 7.15. The lowest BCUT2D eigenvalue weighted by molar-refractivity contribution is -0.0629. The molecule has 2 aromatic carbocycles. The van der Waals surface area contributed by atoms with Crippen molar-refractivity contribution in [3.8, 4) is 16.9 Å². The highest BCUT2D eigenvalue weighted by atomic mass is 16.5. The zero-order chi connectivity index (χ0) is 20.2. The minimum absolute atomic E-state index is 0.363. The Bertz CT molecular complexity index is 1100. The Morgan fingerprint density at radius 1 is 1.00 bits per heavy atom. The minimum Gasteiger partial charge on any atom is -0.464 e. The van der Waals surface area contributed by atoms with Crippen molar-refractivity contribution in [3.63, 3.8) is 0 Å². The van der Waals surface area contributed by atoms with Crippen LogP contribution in [0.15, 0.2) is 29.3 Å². The number of rotatable bonds is 0. The molecule has 3 heteroatoms. The van der Waals surface area contributed by atoms with Gasteiger partial charge in [-0.25, -0.2) is 0 Å². The molecule has 3 atom stereocenters. The van der Waals surface area contributed by atoms with Crippen LogP contribution in [0.2, 0.25) is 0 Å². The highest BCUT2D eigenvalue weighted by molar-refractivity contribution is 5.90. The van der Waals surface area contributed by atoms with Crippen LogP contribution in [-0.2, 0) is 6.42 Å². The van der Waals surface area contributed by atoms with Crippen LogP contribution < -0.4 is 4.74 Å². The molecule has 6 aliphatic rings. The second-order valence-electron chi connectivity index (χ2n) is 10.6. The molecule has 4 fully saturated rings. The Kier molecular flexibility index (Phi) is 3.37. The molecular weight excluding hydrogens is 368 g/mol. The average Bonchev–Trinajstić information content (AvgIpc) is 3.10. The van der Waals surface area contributed by atoms with Crippen molar-refractivity contribution in [3.05, 3.63) is 46.5 Å². The fourth-order valence-electron chi connectivity index (χ4n) is 7.67. The van der Waals surface area contributed by atoms with E-state index in [1.807, 2.05) is 0 Å². The second kappa shape index (κ2) is 5.76. The normalized spacial score (nSPS) is 35.2. The highest BCUT2D eigenvalue weighted by Crippen LogP contribution is 2.57. The third-order valence-corrected chi connectivity index (χ3v) is 9.18. The third kappa shape index (κ3) is 2.07. The summed E-state index contributed by atoms with van der Waals surface area (Å²) in [5.74, 6) is 3.37. The molecule has 0 amide bonds. The topological polar surface area (TPSA) is 24.8 Å². The number of aliphatic imine (C=N–C) groups is 1. The van der Waals surface area contributed by atoms with Crippen molar-refractivity contribution >= 4 is 11.9 Å². The van der Waals surface area contributed by atoms with E-state index in [2.05, 4.69) is 56.3 Å². The summed E-state index contributed by atoms with van der Waals surface area (Å²) >= 11 is 0. The van der Waals surface area contributed by atoms with Crippen LogP contribution in [0.3, 0.4) is 0 Å². The predicted octanol–water partition coefficient (Wildman–Crippen LogP) is 5.81. The van der Waals surface area contributed by atoms with Crippen LogP contribution in [0.1, 0.15) is 54.4 Å². The Morgan fingerprint density at radius 2 is 1.77 bits per heavy atom. The highest BCUT2D eigenvalue weighted by Gasteiger charge is 2.56. The van der Waals surface area contributed by atoms with Gasteiger partial charge in [-0.05, 0) is 98.2 Å². The number of benzene rings is 2. The molecule has 1 spiro atoms. The fraction of sp³-hybridized carbons (Fsp3) is 0.519. The summed E-state index contributed by atoms with van der Waals surface area (Å²) in [4.78, 5) is 7.80. The quantitative estimate of drug-likeness (QED) is 0.478. The molecule has 30 heavy (non-hydrogen) atoms. The Hall–Kier alpha value is -2.13. The van der Waals surface area contributed by atoms with Gasteiger partial charge in [0, 0.05) is 18.4 Å². The van der Waals surface area contributed by atoms with Crippen LogP contribution >= 0.6 is 0 Å². The summed E-state index contributed by atoms with van der Waals surface area (Å²) in [6.07, 6.45) is 9.89. The molecule has 3 aliphatic carbocycles. The Morgan fingerprint density at radius 3 is 2.57 bits per heavy atom. The monoisotopic (exact) mass is 398 g/mol. The third-order valence-electron chi connectivity index (χ3n) is 9.18. The lowest BCUT2D eigenvalue weighted by Gasteiger charge is -2.46. The first-order valence-electron chi connectivity index (χ1n) is 11.8. The SMILES string of the molecule is Cc1c(C)c2c(c3c1OC1(C=N3)C3CC4CC(CC(C4)N1C)C3)Cc1ccccc1-2. The lowest BCUT2D eigenvalue weighted by atomic mass is 9.67. The Labute approximate surface area is 179 Å². The smallest absolute Gasteiger partial charge is 0.202 e.